The van der Waals surface area contributed by atoms with Crippen LogP contribution in [0.15, 0.2) is 18.2 Å². The van der Waals surface area contributed by atoms with Gasteiger partial charge in [0.2, 0.25) is 0 Å². The Kier molecular flexibility index (Phi) is 4.38. The summed E-state index contributed by atoms with van der Waals surface area (Å²) in [5.41, 5.74) is 0.119. The first-order valence-corrected chi connectivity index (χ1v) is 5.30. The first kappa shape index (κ1) is 13.1. The molecule has 0 aliphatic carbocycles. The second-order valence-electron chi connectivity index (χ2n) is 4.20. The Labute approximate surface area is 94.3 Å². The van der Waals surface area contributed by atoms with Crippen LogP contribution in [0.2, 0.25) is 0 Å². The maximum atomic E-state index is 12.9. The minimum atomic E-state index is -0.584. The molecule has 0 saturated carbocycles. The molecule has 0 heterocycles. The van der Waals surface area contributed by atoms with Crippen molar-refractivity contribution in [1.82, 2.24) is 5.32 Å². The third kappa shape index (κ3) is 3.54. The van der Waals surface area contributed by atoms with Crippen molar-refractivity contribution in [2.75, 3.05) is 6.61 Å². The highest BCUT2D eigenvalue weighted by Crippen LogP contribution is 2.12. The molecular formula is C12H17F2NO. The first-order valence-electron chi connectivity index (χ1n) is 5.30. The van der Waals surface area contributed by atoms with E-state index in [4.69, 9.17) is 5.11 Å². The molecule has 2 nitrogen and oxygen atoms in total. The molecule has 90 valence electrons. The smallest absolute Gasteiger partial charge is 0.126 e. The standard InChI is InChI=1S/C12H17F2NO/c1-3-12(2,8-16)15-7-9-4-10(13)6-11(14)5-9/h4-6,15-16H,3,7-8H2,1-2H3. The van der Waals surface area contributed by atoms with Gasteiger partial charge in [0.25, 0.3) is 0 Å². The molecule has 0 aliphatic rings. The first-order chi connectivity index (χ1) is 7.49. The van der Waals surface area contributed by atoms with Gasteiger partial charge in [-0.2, -0.15) is 0 Å². The van der Waals surface area contributed by atoms with E-state index in [1.807, 2.05) is 13.8 Å². The highest BCUT2D eigenvalue weighted by Gasteiger charge is 2.19. The molecule has 0 fully saturated rings. The summed E-state index contributed by atoms with van der Waals surface area (Å²) in [4.78, 5) is 0. The van der Waals surface area contributed by atoms with Crippen molar-refractivity contribution in [2.24, 2.45) is 0 Å². The van der Waals surface area contributed by atoms with Crippen molar-refractivity contribution < 1.29 is 13.9 Å². The lowest BCUT2D eigenvalue weighted by Gasteiger charge is -2.27. The molecule has 0 aliphatic heterocycles. The van der Waals surface area contributed by atoms with Crippen molar-refractivity contribution in [2.45, 2.75) is 32.4 Å². The Morgan fingerprint density at radius 1 is 1.25 bits per heavy atom. The molecule has 4 heteroatoms. The summed E-state index contributed by atoms with van der Waals surface area (Å²) < 4.78 is 25.8. The van der Waals surface area contributed by atoms with Crippen molar-refractivity contribution in [3.63, 3.8) is 0 Å². The topological polar surface area (TPSA) is 32.3 Å². The normalized spacial score (nSPS) is 14.8. The van der Waals surface area contributed by atoms with Gasteiger partial charge in [-0.15, -0.1) is 0 Å². The van der Waals surface area contributed by atoms with E-state index in [9.17, 15) is 8.78 Å². The van der Waals surface area contributed by atoms with Crippen molar-refractivity contribution in [1.29, 1.82) is 0 Å². The molecule has 1 aromatic carbocycles. The Bertz CT molecular complexity index is 331. The van der Waals surface area contributed by atoms with E-state index in [0.717, 1.165) is 12.5 Å². The largest absolute Gasteiger partial charge is 0.394 e. The number of aliphatic hydroxyl groups excluding tert-OH is 1. The van der Waals surface area contributed by atoms with Crippen LogP contribution in [0.4, 0.5) is 8.78 Å². The predicted octanol–water partition coefficient (Wildman–Crippen LogP) is 2.22. The molecule has 1 atom stereocenters. The number of rotatable bonds is 5. The lowest BCUT2D eigenvalue weighted by molar-refractivity contribution is 0.169. The van der Waals surface area contributed by atoms with E-state index in [2.05, 4.69) is 5.32 Å². The molecular weight excluding hydrogens is 212 g/mol. The van der Waals surface area contributed by atoms with E-state index in [1.165, 1.54) is 12.1 Å². The molecule has 0 bridgehead atoms. The van der Waals surface area contributed by atoms with Gasteiger partial charge in [0.1, 0.15) is 11.6 Å². The average molecular weight is 229 g/mol. The van der Waals surface area contributed by atoms with E-state index in [-0.39, 0.29) is 6.61 Å². The van der Waals surface area contributed by atoms with Crippen molar-refractivity contribution >= 4 is 0 Å². The highest BCUT2D eigenvalue weighted by molar-refractivity contribution is 5.17. The van der Waals surface area contributed by atoms with Gasteiger partial charge in [0.05, 0.1) is 6.61 Å². The molecule has 1 rings (SSSR count). The Balaban J connectivity index is 2.67. The van der Waals surface area contributed by atoms with Gasteiger partial charge >= 0.3 is 0 Å². The van der Waals surface area contributed by atoms with E-state index in [0.29, 0.717) is 12.1 Å². The summed E-state index contributed by atoms with van der Waals surface area (Å²) in [6.07, 6.45) is 0.737. The minimum absolute atomic E-state index is 0.0126. The Hall–Kier alpha value is -1.00. The lowest BCUT2D eigenvalue weighted by Crippen LogP contribution is -2.44. The molecule has 0 amide bonds. The maximum absolute atomic E-state index is 12.9. The molecule has 0 aromatic heterocycles. The zero-order chi connectivity index (χ0) is 12.2. The van der Waals surface area contributed by atoms with Crippen LogP contribution in [0.25, 0.3) is 0 Å². The quantitative estimate of drug-likeness (QED) is 0.811. The van der Waals surface area contributed by atoms with Crippen LogP contribution in [-0.2, 0) is 6.54 Å². The van der Waals surface area contributed by atoms with Crippen LogP contribution in [0.3, 0.4) is 0 Å². The second kappa shape index (κ2) is 5.37. The van der Waals surface area contributed by atoms with E-state index < -0.39 is 17.2 Å². The predicted molar refractivity (Wildman–Crippen MR) is 59.0 cm³/mol. The SMILES string of the molecule is CCC(C)(CO)NCc1cc(F)cc(F)c1. The van der Waals surface area contributed by atoms with Crippen molar-refractivity contribution in [3.8, 4) is 0 Å². The van der Waals surface area contributed by atoms with Crippen LogP contribution in [0.1, 0.15) is 25.8 Å². The second-order valence-corrected chi connectivity index (χ2v) is 4.20. The fraction of sp³-hybridized carbons (Fsp3) is 0.500. The van der Waals surface area contributed by atoms with Gasteiger partial charge in [-0.25, -0.2) is 8.78 Å². The third-order valence-corrected chi connectivity index (χ3v) is 2.77. The van der Waals surface area contributed by atoms with Crippen LogP contribution in [0, 0.1) is 11.6 Å². The zero-order valence-electron chi connectivity index (χ0n) is 9.56. The number of hydrogen-bond donors (Lipinski definition) is 2. The van der Waals surface area contributed by atoms with E-state index in [1.54, 1.807) is 0 Å². The highest BCUT2D eigenvalue weighted by atomic mass is 19.1. The van der Waals surface area contributed by atoms with Gasteiger partial charge in [-0.05, 0) is 31.0 Å². The average Bonchev–Trinajstić information content (AvgIpc) is 2.25. The molecule has 0 spiro atoms. The van der Waals surface area contributed by atoms with Crippen molar-refractivity contribution in [3.05, 3.63) is 35.4 Å². The van der Waals surface area contributed by atoms with Gasteiger partial charge in [0, 0.05) is 18.2 Å². The Morgan fingerprint density at radius 2 is 1.81 bits per heavy atom. The molecule has 0 saturated heterocycles. The minimum Gasteiger partial charge on any atom is -0.394 e. The molecule has 1 aromatic rings. The van der Waals surface area contributed by atoms with Gasteiger partial charge in [-0.3, -0.25) is 0 Å². The molecule has 0 radical (unpaired) electrons. The summed E-state index contributed by atoms with van der Waals surface area (Å²) in [7, 11) is 0. The summed E-state index contributed by atoms with van der Waals surface area (Å²) >= 11 is 0. The van der Waals surface area contributed by atoms with Gasteiger partial charge in [0.15, 0.2) is 0 Å². The summed E-state index contributed by atoms with van der Waals surface area (Å²) in [6.45, 7) is 4.12. The van der Waals surface area contributed by atoms with Gasteiger partial charge < -0.3 is 10.4 Å². The zero-order valence-corrected chi connectivity index (χ0v) is 9.56. The maximum Gasteiger partial charge on any atom is 0.126 e. The molecule has 1 unspecified atom stereocenters. The number of hydrogen-bond acceptors (Lipinski definition) is 2. The van der Waals surface area contributed by atoms with Crippen LogP contribution in [0.5, 0.6) is 0 Å². The third-order valence-electron chi connectivity index (χ3n) is 2.77. The number of aliphatic hydroxyl groups is 1. The number of nitrogens with one attached hydrogen (secondary N) is 1. The molecule has 16 heavy (non-hydrogen) atoms. The fourth-order valence-electron chi connectivity index (χ4n) is 1.32. The van der Waals surface area contributed by atoms with E-state index >= 15 is 0 Å². The summed E-state index contributed by atoms with van der Waals surface area (Å²) in [6, 6.07) is 3.40. The lowest BCUT2D eigenvalue weighted by atomic mass is 10.00. The Morgan fingerprint density at radius 3 is 2.25 bits per heavy atom. The monoisotopic (exact) mass is 229 g/mol. The van der Waals surface area contributed by atoms with Gasteiger partial charge in [-0.1, -0.05) is 6.92 Å². The summed E-state index contributed by atoms with van der Waals surface area (Å²) in [5.74, 6) is -1.17. The summed E-state index contributed by atoms with van der Waals surface area (Å²) in [5, 5.41) is 12.2. The van der Waals surface area contributed by atoms with Crippen LogP contribution in [-0.4, -0.2) is 17.3 Å². The number of benzene rings is 1. The number of halogens is 2. The van der Waals surface area contributed by atoms with Crippen LogP contribution >= 0.6 is 0 Å². The fourth-order valence-corrected chi connectivity index (χ4v) is 1.32. The van der Waals surface area contributed by atoms with Crippen LogP contribution < -0.4 is 5.32 Å². The molecule has 2 N–H and O–H groups in total.